The second-order valence-electron chi connectivity index (χ2n) is 10.9. The molecule has 1 saturated heterocycles. The van der Waals surface area contributed by atoms with Gasteiger partial charge in [0, 0.05) is 46.3 Å². The fraction of sp³-hybridized carbons (Fsp3) is 0.345. The molecule has 10 nitrogen and oxygen atoms in total. The molecule has 3 aromatic rings. The lowest BCUT2D eigenvalue weighted by Gasteiger charge is -2.29. The van der Waals surface area contributed by atoms with Crippen LogP contribution >= 0.6 is 23.2 Å². The van der Waals surface area contributed by atoms with E-state index >= 15 is 0 Å². The van der Waals surface area contributed by atoms with E-state index in [-0.39, 0.29) is 39.3 Å². The molecule has 0 spiro atoms. The monoisotopic (exact) mass is 632 g/mol. The third kappa shape index (κ3) is 6.49. The number of esters is 1. The summed E-state index contributed by atoms with van der Waals surface area (Å²) in [7, 11) is -4.27. The molecule has 0 saturated carbocycles. The molecule has 1 unspecified atom stereocenters. The lowest BCUT2D eigenvalue weighted by molar-refractivity contribution is -0.152. The molecule has 0 N–H and O–H groups in total. The number of fused-ring (bicyclic) bond motifs is 1. The summed E-state index contributed by atoms with van der Waals surface area (Å²) >= 11 is 12.2. The maximum atomic E-state index is 13.8. The Balaban J connectivity index is 1.46. The van der Waals surface area contributed by atoms with E-state index < -0.39 is 28.1 Å². The third-order valence-corrected chi connectivity index (χ3v) is 8.83. The zero-order valence-electron chi connectivity index (χ0n) is 23.3. The highest BCUT2D eigenvalue weighted by atomic mass is 35.5. The number of nitrogens with zero attached hydrogens (tertiary/aromatic N) is 4. The predicted octanol–water partition coefficient (Wildman–Crippen LogP) is 5.20. The Labute approximate surface area is 254 Å². The van der Waals surface area contributed by atoms with E-state index in [9.17, 15) is 18.0 Å². The summed E-state index contributed by atoms with van der Waals surface area (Å²) in [5, 5.41) is 1.04. The molecule has 1 fully saturated rings. The molecule has 1 amide bonds. The lowest BCUT2D eigenvalue weighted by Crippen LogP contribution is -2.41. The molecule has 0 bridgehead atoms. The second kappa shape index (κ2) is 11.7. The number of aliphatic imine (C=N–C) groups is 1. The number of aromatic nitrogens is 1. The number of hydrogen-bond donors (Lipinski definition) is 0. The van der Waals surface area contributed by atoms with Crippen LogP contribution < -0.4 is 4.31 Å². The van der Waals surface area contributed by atoms with E-state index in [1.807, 2.05) is 22.9 Å². The van der Waals surface area contributed by atoms with Gasteiger partial charge in [0.1, 0.15) is 24.9 Å². The zero-order valence-corrected chi connectivity index (χ0v) is 25.6. The van der Waals surface area contributed by atoms with Gasteiger partial charge < -0.3 is 18.9 Å². The molecule has 5 rings (SSSR count). The number of sulfonamides is 1. The number of halogens is 2. The van der Waals surface area contributed by atoms with E-state index in [4.69, 9.17) is 32.7 Å². The van der Waals surface area contributed by atoms with Gasteiger partial charge in [0.25, 0.3) is 15.9 Å². The predicted molar refractivity (Wildman–Crippen MR) is 162 cm³/mol. The van der Waals surface area contributed by atoms with Crippen LogP contribution in [0.1, 0.15) is 33.4 Å². The number of benzene rings is 2. The lowest BCUT2D eigenvalue weighted by atomic mass is 10.2. The molecule has 1 atom stereocenters. The number of carbonyl (C=O) groups is 2. The maximum absolute atomic E-state index is 13.8. The Hall–Kier alpha value is -3.38. The first-order chi connectivity index (χ1) is 19.8. The molecule has 0 aliphatic carbocycles. The van der Waals surface area contributed by atoms with Crippen molar-refractivity contribution < 1.29 is 27.5 Å². The minimum atomic E-state index is -4.27. The summed E-state index contributed by atoms with van der Waals surface area (Å²) in [6.07, 6.45) is 5.87. The van der Waals surface area contributed by atoms with Crippen LogP contribution in [0.5, 0.6) is 0 Å². The molecule has 2 aromatic carbocycles. The number of carbonyl (C=O) groups excluding carboxylic acids is 2. The average Bonchev–Trinajstić information content (AvgIpc) is 3.34. The Bertz CT molecular complexity index is 1690. The highest BCUT2D eigenvalue weighted by Crippen LogP contribution is 2.33. The van der Waals surface area contributed by atoms with Gasteiger partial charge in [-0.1, -0.05) is 29.3 Å². The molecule has 2 aliphatic heterocycles. The minimum Gasteiger partial charge on any atom is -0.459 e. The van der Waals surface area contributed by atoms with Crippen LogP contribution in [0.2, 0.25) is 10.0 Å². The third-order valence-electron chi connectivity index (χ3n) is 6.64. The number of morpholine rings is 1. The second-order valence-corrected chi connectivity index (χ2v) is 13.6. The molecule has 42 heavy (non-hydrogen) atoms. The summed E-state index contributed by atoms with van der Waals surface area (Å²) in [6, 6.07) is 11.0. The Morgan fingerprint density at radius 3 is 2.52 bits per heavy atom. The molecule has 0 radical (unpaired) electrons. The van der Waals surface area contributed by atoms with Crippen LogP contribution in [-0.2, 0) is 29.1 Å². The van der Waals surface area contributed by atoms with Crippen molar-refractivity contribution in [1.29, 1.82) is 0 Å². The first kappa shape index (κ1) is 30.1. The minimum absolute atomic E-state index is 0.0597. The van der Waals surface area contributed by atoms with Gasteiger partial charge in [0.05, 0.1) is 22.9 Å². The van der Waals surface area contributed by atoms with Crippen LogP contribution in [0.25, 0.3) is 10.9 Å². The maximum Gasteiger partial charge on any atom is 0.327 e. The Kier molecular flexibility index (Phi) is 8.39. The molecule has 222 valence electrons. The quantitative estimate of drug-likeness (QED) is 0.331. The number of hydrogen-bond acceptors (Lipinski definition) is 7. The van der Waals surface area contributed by atoms with Crippen molar-refractivity contribution >= 4 is 67.9 Å². The van der Waals surface area contributed by atoms with Crippen LogP contribution in [0.15, 0.2) is 70.3 Å². The van der Waals surface area contributed by atoms with Gasteiger partial charge in [-0.3, -0.25) is 18.9 Å². The summed E-state index contributed by atoms with van der Waals surface area (Å²) < 4.78 is 41.3. The van der Waals surface area contributed by atoms with Crippen LogP contribution in [0.4, 0.5) is 5.69 Å². The number of dihydropyridines is 1. The molecular formula is C29H30Cl2N4O6S. The van der Waals surface area contributed by atoms with Crippen molar-refractivity contribution in [3.8, 4) is 0 Å². The van der Waals surface area contributed by atoms with E-state index in [0.29, 0.717) is 19.6 Å². The molecule has 2 aliphatic rings. The van der Waals surface area contributed by atoms with Gasteiger partial charge in [-0.15, -0.1) is 0 Å². The topological polar surface area (TPSA) is 111 Å². The Morgan fingerprint density at radius 2 is 1.88 bits per heavy atom. The van der Waals surface area contributed by atoms with E-state index in [0.717, 1.165) is 20.9 Å². The van der Waals surface area contributed by atoms with Gasteiger partial charge in [-0.05, 0) is 63.2 Å². The summed E-state index contributed by atoms with van der Waals surface area (Å²) in [6.45, 7) is 5.59. The summed E-state index contributed by atoms with van der Waals surface area (Å²) in [4.78, 5) is 31.3. The molecule has 1 aromatic heterocycles. The van der Waals surface area contributed by atoms with Crippen LogP contribution in [0.3, 0.4) is 0 Å². The smallest absolute Gasteiger partial charge is 0.327 e. The highest BCUT2D eigenvalue weighted by Gasteiger charge is 2.31. The molecule has 13 heteroatoms. The van der Waals surface area contributed by atoms with Crippen molar-refractivity contribution in [3.05, 3.63) is 70.5 Å². The van der Waals surface area contributed by atoms with Crippen molar-refractivity contribution in [2.24, 2.45) is 4.99 Å². The normalized spacial score (nSPS) is 17.8. The summed E-state index contributed by atoms with van der Waals surface area (Å²) in [5.74, 6) is -0.808. The molecular weight excluding hydrogens is 603 g/mol. The van der Waals surface area contributed by atoms with Crippen molar-refractivity contribution in [3.63, 3.8) is 0 Å². The fourth-order valence-electron chi connectivity index (χ4n) is 4.84. The van der Waals surface area contributed by atoms with Crippen molar-refractivity contribution in [2.75, 3.05) is 30.6 Å². The van der Waals surface area contributed by atoms with Crippen LogP contribution in [0, 0.1) is 0 Å². The largest absolute Gasteiger partial charge is 0.459 e. The highest BCUT2D eigenvalue weighted by molar-refractivity contribution is 7.92. The Morgan fingerprint density at radius 1 is 1.14 bits per heavy atom. The van der Waals surface area contributed by atoms with Crippen LogP contribution in [-0.4, -0.2) is 67.9 Å². The van der Waals surface area contributed by atoms with E-state index in [2.05, 4.69) is 4.99 Å². The van der Waals surface area contributed by atoms with Gasteiger partial charge in [-0.2, -0.15) is 0 Å². The number of rotatable bonds is 7. The van der Waals surface area contributed by atoms with Crippen molar-refractivity contribution in [1.82, 2.24) is 9.47 Å². The SMILES string of the molecule is CC(C)(C)OC(=O)CN(c1ccc2c(ccn2C2CC=C(N3CCOCC3=O)C=N2)c1)S(=O)(=O)c1cc(Cl)cc(Cl)c1. The van der Waals surface area contributed by atoms with Gasteiger partial charge >= 0.3 is 5.97 Å². The number of ether oxygens (including phenoxy) is 2. The summed E-state index contributed by atoms with van der Waals surface area (Å²) in [5.41, 5.74) is 1.03. The molecule has 3 heterocycles. The van der Waals surface area contributed by atoms with Gasteiger partial charge in [0.2, 0.25) is 0 Å². The number of amides is 1. The van der Waals surface area contributed by atoms with E-state index in [1.165, 1.54) is 18.2 Å². The van der Waals surface area contributed by atoms with E-state index in [1.54, 1.807) is 50.1 Å². The van der Waals surface area contributed by atoms with Gasteiger partial charge in [-0.25, -0.2) is 8.42 Å². The number of anilines is 1. The average molecular weight is 634 g/mol. The first-order valence-electron chi connectivity index (χ1n) is 13.2. The van der Waals surface area contributed by atoms with Gasteiger partial charge in [0.15, 0.2) is 0 Å². The fourth-order valence-corrected chi connectivity index (χ4v) is 6.96. The first-order valence-corrected chi connectivity index (χ1v) is 15.4. The zero-order chi connectivity index (χ0) is 30.2. The van der Waals surface area contributed by atoms with Crippen molar-refractivity contribution in [2.45, 2.75) is 43.9 Å². The standard InChI is InChI=1S/C29H30Cl2N4O6S/c1-29(2,3)41-28(37)17-35(42(38,39)24-14-20(30)13-21(31)15-24)22-4-6-25-19(12-22)8-9-34(25)26-7-5-23(16-32-26)33-10-11-40-18-27(33)36/h4-6,8-9,12-16,26H,7,10-11,17-18H2,1-3H3. The number of allylic oxidation sites excluding steroid dienone is 1.